The number of benzene rings is 1. The van der Waals surface area contributed by atoms with Crippen molar-refractivity contribution in [2.45, 2.75) is 20.8 Å². The molecule has 0 fully saturated rings. The molecule has 2 N–H and O–H groups in total. The van der Waals surface area contributed by atoms with Gasteiger partial charge in [0.15, 0.2) is 0 Å². The molecule has 0 aliphatic rings. The van der Waals surface area contributed by atoms with Crippen molar-refractivity contribution in [1.82, 2.24) is 20.5 Å². The van der Waals surface area contributed by atoms with Crippen molar-refractivity contribution in [2.75, 3.05) is 27.2 Å². The smallest absolute Gasteiger partial charge is 0.267 e. The fourth-order valence-corrected chi connectivity index (χ4v) is 4.00. The maximum Gasteiger partial charge on any atom is 0.267 e. The predicted octanol–water partition coefficient (Wildman–Crippen LogP) is 4.78. The Kier molecular flexibility index (Phi) is 8.48. The number of pyridine rings is 1. The summed E-state index contributed by atoms with van der Waals surface area (Å²) in [6.07, 6.45) is 3.11. The van der Waals surface area contributed by atoms with Gasteiger partial charge >= 0.3 is 0 Å². The summed E-state index contributed by atoms with van der Waals surface area (Å²) in [6, 6.07) is 14.2. The highest BCUT2D eigenvalue weighted by molar-refractivity contribution is 6.31. The van der Waals surface area contributed by atoms with Crippen molar-refractivity contribution in [3.8, 4) is 11.3 Å². The quantitative estimate of drug-likeness (QED) is 0.330. The van der Waals surface area contributed by atoms with Crippen molar-refractivity contribution < 1.29 is 14.0 Å². The number of carbonyl (C=O) groups excluding carboxylic acids is 2. The summed E-state index contributed by atoms with van der Waals surface area (Å²) >= 11 is 6.18. The zero-order chi connectivity index (χ0) is 25.6. The number of rotatable bonds is 9. The highest BCUT2D eigenvalue weighted by atomic mass is 35.5. The number of nitrogens with one attached hydrogen (secondary N) is 2. The first-order valence-corrected chi connectivity index (χ1v) is 11.7. The van der Waals surface area contributed by atoms with Gasteiger partial charge < -0.3 is 20.0 Å². The van der Waals surface area contributed by atoms with Crippen LogP contribution in [0, 0.1) is 12.3 Å². The molecular weight excluding hydrogens is 464 g/mol. The zero-order valence-electron chi connectivity index (χ0n) is 20.7. The highest BCUT2D eigenvalue weighted by Gasteiger charge is 2.22. The predicted molar refractivity (Wildman–Crippen MR) is 139 cm³/mol. The van der Waals surface area contributed by atoms with Gasteiger partial charge in [-0.1, -0.05) is 43.6 Å². The molecule has 0 atom stereocenters. The average Bonchev–Trinajstić information content (AvgIpc) is 3.25. The summed E-state index contributed by atoms with van der Waals surface area (Å²) in [6.45, 7) is 7.20. The van der Waals surface area contributed by atoms with E-state index in [4.69, 9.17) is 16.0 Å². The van der Waals surface area contributed by atoms with Crippen LogP contribution < -0.4 is 10.6 Å². The first kappa shape index (κ1) is 26.2. The van der Waals surface area contributed by atoms with Crippen LogP contribution in [0.5, 0.6) is 0 Å². The number of hydrogen-bond donors (Lipinski definition) is 2. The van der Waals surface area contributed by atoms with Gasteiger partial charge in [0.2, 0.25) is 0 Å². The van der Waals surface area contributed by atoms with E-state index < -0.39 is 5.91 Å². The SMILES string of the molecule is Cc1ccccc1C(=O)NC(=Cc1ccc(-c2cccnc2Cl)o1)C(=O)NCC(C)(C)CN(C)C. The van der Waals surface area contributed by atoms with Gasteiger partial charge in [0, 0.05) is 30.9 Å². The Morgan fingerprint density at radius 1 is 1.11 bits per heavy atom. The number of aryl methyl sites for hydroxylation is 1. The van der Waals surface area contributed by atoms with E-state index in [1.807, 2.05) is 33.2 Å². The standard InChI is InChI=1S/C27H31ClN4O3/c1-18-9-6-7-10-20(18)25(33)31-22(26(34)30-16-27(2,3)17-32(4)5)15-19-12-13-23(35-19)21-11-8-14-29-24(21)28/h6-15H,16-17H2,1-5H3,(H,30,34)(H,31,33). The Bertz CT molecular complexity index is 1230. The summed E-state index contributed by atoms with van der Waals surface area (Å²) in [4.78, 5) is 32.3. The number of furan rings is 1. The minimum absolute atomic E-state index is 0.0806. The molecule has 1 aromatic carbocycles. The molecule has 2 amide bonds. The fraction of sp³-hybridized carbons (Fsp3) is 0.296. The van der Waals surface area contributed by atoms with Gasteiger partial charge in [-0.05, 0) is 62.3 Å². The molecule has 0 aliphatic carbocycles. The Balaban J connectivity index is 1.88. The minimum atomic E-state index is -0.406. The van der Waals surface area contributed by atoms with Crippen molar-refractivity contribution in [3.05, 3.63) is 82.5 Å². The van der Waals surface area contributed by atoms with Gasteiger partial charge in [-0.15, -0.1) is 0 Å². The molecule has 7 nitrogen and oxygen atoms in total. The molecule has 0 unspecified atom stereocenters. The second kappa shape index (κ2) is 11.3. The maximum absolute atomic E-state index is 13.2. The van der Waals surface area contributed by atoms with E-state index in [-0.39, 0.29) is 17.0 Å². The molecular formula is C27H31ClN4O3. The van der Waals surface area contributed by atoms with Crippen LogP contribution in [0.15, 0.2) is 64.8 Å². The van der Waals surface area contributed by atoms with E-state index >= 15 is 0 Å². The lowest BCUT2D eigenvalue weighted by molar-refractivity contribution is -0.118. The molecule has 2 heterocycles. The van der Waals surface area contributed by atoms with Gasteiger partial charge in [-0.25, -0.2) is 4.98 Å². The van der Waals surface area contributed by atoms with Crippen LogP contribution >= 0.6 is 11.6 Å². The molecule has 184 valence electrons. The molecule has 0 saturated heterocycles. The van der Waals surface area contributed by atoms with Crippen LogP contribution in [0.1, 0.15) is 35.5 Å². The number of nitrogens with zero attached hydrogens (tertiary/aromatic N) is 2. The Hall–Kier alpha value is -3.42. The average molecular weight is 495 g/mol. The van der Waals surface area contributed by atoms with Crippen molar-refractivity contribution in [1.29, 1.82) is 0 Å². The molecule has 0 aliphatic heterocycles. The van der Waals surface area contributed by atoms with E-state index in [0.29, 0.717) is 34.3 Å². The van der Waals surface area contributed by atoms with Gasteiger partial charge in [0.1, 0.15) is 22.4 Å². The third-order valence-corrected chi connectivity index (χ3v) is 5.59. The Labute approximate surface area is 211 Å². The molecule has 8 heteroatoms. The van der Waals surface area contributed by atoms with E-state index in [1.54, 1.807) is 42.6 Å². The lowest BCUT2D eigenvalue weighted by atomic mass is 9.93. The third-order valence-electron chi connectivity index (χ3n) is 5.29. The van der Waals surface area contributed by atoms with Gasteiger partial charge in [-0.3, -0.25) is 9.59 Å². The van der Waals surface area contributed by atoms with Gasteiger partial charge in [-0.2, -0.15) is 0 Å². The Morgan fingerprint density at radius 3 is 2.54 bits per heavy atom. The first-order valence-electron chi connectivity index (χ1n) is 11.3. The largest absolute Gasteiger partial charge is 0.457 e. The normalized spacial score (nSPS) is 12.0. The summed E-state index contributed by atoms with van der Waals surface area (Å²) < 4.78 is 5.90. The molecule has 35 heavy (non-hydrogen) atoms. The van der Waals surface area contributed by atoms with Crippen LogP contribution in [0.3, 0.4) is 0 Å². The van der Waals surface area contributed by atoms with Crippen molar-refractivity contribution >= 4 is 29.5 Å². The molecule has 3 aromatic rings. The van der Waals surface area contributed by atoms with Crippen LogP contribution in [0.2, 0.25) is 5.15 Å². The number of aromatic nitrogens is 1. The van der Waals surface area contributed by atoms with Crippen molar-refractivity contribution in [2.24, 2.45) is 5.41 Å². The topological polar surface area (TPSA) is 87.5 Å². The lowest BCUT2D eigenvalue weighted by Crippen LogP contribution is -2.42. The first-order chi connectivity index (χ1) is 16.6. The molecule has 0 spiro atoms. The van der Waals surface area contributed by atoms with E-state index in [1.165, 1.54) is 6.08 Å². The van der Waals surface area contributed by atoms with Gasteiger partial charge in [0.25, 0.3) is 11.8 Å². The van der Waals surface area contributed by atoms with E-state index in [2.05, 4.69) is 34.4 Å². The summed E-state index contributed by atoms with van der Waals surface area (Å²) in [5.41, 5.74) is 1.84. The maximum atomic E-state index is 13.2. The minimum Gasteiger partial charge on any atom is -0.457 e. The Morgan fingerprint density at radius 2 is 1.86 bits per heavy atom. The van der Waals surface area contributed by atoms with Crippen LogP contribution in [0.4, 0.5) is 0 Å². The van der Waals surface area contributed by atoms with E-state index in [0.717, 1.165) is 12.1 Å². The molecule has 0 radical (unpaired) electrons. The number of halogens is 1. The van der Waals surface area contributed by atoms with Crippen molar-refractivity contribution in [3.63, 3.8) is 0 Å². The number of amides is 2. The fourth-order valence-electron chi connectivity index (χ4n) is 3.79. The summed E-state index contributed by atoms with van der Waals surface area (Å²) in [7, 11) is 3.97. The molecule has 2 aromatic heterocycles. The molecule has 3 rings (SSSR count). The monoisotopic (exact) mass is 494 g/mol. The second-order valence-electron chi connectivity index (χ2n) is 9.46. The summed E-state index contributed by atoms with van der Waals surface area (Å²) in [5.74, 6) is 0.115. The second-order valence-corrected chi connectivity index (χ2v) is 9.81. The molecule has 0 bridgehead atoms. The highest BCUT2D eigenvalue weighted by Crippen LogP contribution is 2.28. The third kappa shape index (κ3) is 7.28. The zero-order valence-corrected chi connectivity index (χ0v) is 21.4. The number of hydrogen-bond acceptors (Lipinski definition) is 5. The molecule has 0 saturated carbocycles. The van der Waals surface area contributed by atoms with E-state index in [9.17, 15) is 9.59 Å². The van der Waals surface area contributed by atoms with Crippen LogP contribution in [0.25, 0.3) is 17.4 Å². The lowest BCUT2D eigenvalue weighted by Gasteiger charge is -2.28. The van der Waals surface area contributed by atoms with Crippen LogP contribution in [-0.2, 0) is 4.79 Å². The van der Waals surface area contributed by atoms with Gasteiger partial charge in [0.05, 0.1) is 5.56 Å². The summed E-state index contributed by atoms with van der Waals surface area (Å²) in [5, 5.41) is 6.02. The number of carbonyl (C=O) groups is 2. The van der Waals surface area contributed by atoms with Crippen LogP contribution in [-0.4, -0.2) is 48.9 Å².